The van der Waals surface area contributed by atoms with Crippen LogP contribution in [0.3, 0.4) is 0 Å². The van der Waals surface area contributed by atoms with E-state index >= 15 is 0 Å². The Labute approximate surface area is 155 Å². The van der Waals surface area contributed by atoms with Crippen LogP contribution in [-0.2, 0) is 17.6 Å². The molecule has 3 nitrogen and oxygen atoms in total. The number of thioether (sulfide) groups is 1. The number of benzene rings is 1. The third kappa shape index (κ3) is 3.94. The third-order valence-electron chi connectivity index (χ3n) is 4.06. The van der Waals surface area contributed by atoms with Crippen LogP contribution in [-0.4, -0.2) is 11.7 Å². The van der Waals surface area contributed by atoms with E-state index in [1.807, 2.05) is 24.3 Å². The van der Waals surface area contributed by atoms with Gasteiger partial charge in [-0.05, 0) is 55.0 Å². The highest BCUT2D eigenvalue weighted by Gasteiger charge is 2.24. The lowest BCUT2D eigenvalue weighted by molar-refractivity contribution is -0.113. The number of rotatable bonds is 4. The van der Waals surface area contributed by atoms with Crippen molar-refractivity contribution < 1.29 is 4.79 Å². The third-order valence-corrected chi connectivity index (χ3v) is 6.49. The Morgan fingerprint density at radius 1 is 1.46 bits per heavy atom. The van der Waals surface area contributed by atoms with Gasteiger partial charge in [0.2, 0.25) is 5.91 Å². The highest BCUT2D eigenvalue weighted by Crippen LogP contribution is 2.39. The number of anilines is 1. The number of hydrogen-bond acceptors (Lipinski definition) is 4. The van der Waals surface area contributed by atoms with Crippen molar-refractivity contribution in [2.45, 2.75) is 31.1 Å². The summed E-state index contributed by atoms with van der Waals surface area (Å²) < 4.78 is 0. The molecule has 6 heteroatoms. The maximum absolute atomic E-state index is 12.2. The summed E-state index contributed by atoms with van der Waals surface area (Å²) in [6.07, 6.45) is 3.05. The lowest BCUT2D eigenvalue weighted by atomic mass is 9.89. The Bertz CT molecular complexity index is 793. The van der Waals surface area contributed by atoms with Crippen LogP contribution in [0.5, 0.6) is 0 Å². The van der Waals surface area contributed by atoms with Crippen molar-refractivity contribution in [3.8, 4) is 6.07 Å². The monoisotopic (exact) mass is 376 g/mol. The normalized spacial score (nSPS) is 16.3. The Kier molecular flexibility index (Phi) is 5.50. The molecule has 124 valence electrons. The number of thiophene rings is 1. The van der Waals surface area contributed by atoms with Gasteiger partial charge in [-0.2, -0.15) is 5.26 Å². The number of amides is 1. The molecule has 1 aliphatic rings. The largest absolute Gasteiger partial charge is 0.316 e. The average molecular weight is 377 g/mol. The summed E-state index contributed by atoms with van der Waals surface area (Å²) in [6, 6.07) is 9.69. The van der Waals surface area contributed by atoms with Gasteiger partial charge < -0.3 is 5.32 Å². The molecule has 1 N–H and O–H groups in total. The van der Waals surface area contributed by atoms with Crippen LogP contribution in [0, 0.1) is 17.2 Å². The molecule has 1 aliphatic carbocycles. The summed E-state index contributed by atoms with van der Waals surface area (Å²) in [5.74, 6) is 0.871. The van der Waals surface area contributed by atoms with Crippen LogP contribution in [0.15, 0.2) is 29.2 Å². The number of nitrogens with one attached hydrogen (secondary N) is 1. The minimum absolute atomic E-state index is 0.0851. The minimum Gasteiger partial charge on any atom is -0.316 e. The molecule has 0 aliphatic heterocycles. The average Bonchev–Trinajstić information content (AvgIpc) is 2.90. The minimum atomic E-state index is -0.0851. The van der Waals surface area contributed by atoms with Gasteiger partial charge in [0.15, 0.2) is 0 Å². The van der Waals surface area contributed by atoms with Crippen molar-refractivity contribution in [1.82, 2.24) is 0 Å². The molecule has 1 amide bonds. The number of halogens is 1. The first-order chi connectivity index (χ1) is 11.6. The molecule has 1 unspecified atom stereocenters. The fourth-order valence-corrected chi connectivity index (χ4v) is 5.00. The first-order valence-electron chi connectivity index (χ1n) is 7.79. The number of carbonyl (C=O) groups is 1. The van der Waals surface area contributed by atoms with Crippen molar-refractivity contribution in [2.24, 2.45) is 5.92 Å². The second-order valence-electron chi connectivity index (χ2n) is 5.96. The van der Waals surface area contributed by atoms with Crippen molar-refractivity contribution in [1.29, 1.82) is 5.26 Å². The number of nitrogens with zero attached hydrogens (tertiary/aromatic N) is 1. The molecule has 0 fully saturated rings. The van der Waals surface area contributed by atoms with E-state index in [0.717, 1.165) is 29.7 Å². The van der Waals surface area contributed by atoms with E-state index in [9.17, 15) is 10.1 Å². The first kappa shape index (κ1) is 17.3. The molecule has 1 heterocycles. The van der Waals surface area contributed by atoms with E-state index in [2.05, 4.69) is 18.3 Å². The first-order valence-corrected chi connectivity index (χ1v) is 9.97. The lowest BCUT2D eigenvalue weighted by Gasteiger charge is -2.17. The molecular weight excluding hydrogens is 360 g/mol. The summed E-state index contributed by atoms with van der Waals surface area (Å²) in [4.78, 5) is 14.5. The Hall–Kier alpha value is -1.48. The number of hydrogen-bond donors (Lipinski definition) is 1. The van der Waals surface area contributed by atoms with Crippen molar-refractivity contribution in [3.05, 3.63) is 45.3 Å². The van der Waals surface area contributed by atoms with E-state index in [1.165, 1.54) is 16.6 Å². The smallest absolute Gasteiger partial charge is 0.235 e. The summed E-state index contributed by atoms with van der Waals surface area (Å²) >= 11 is 8.87. The fraction of sp³-hybridized carbons (Fsp3) is 0.333. The van der Waals surface area contributed by atoms with Crippen molar-refractivity contribution in [3.63, 3.8) is 0 Å². The molecule has 1 aromatic carbocycles. The van der Waals surface area contributed by atoms with Gasteiger partial charge in [0, 0.05) is 14.8 Å². The maximum atomic E-state index is 12.2. The van der Waals surface area contributed by atoms with Gasteiger partial charge in [-0.15, -0.1) is 23.1 Å². The molecule has 0 saturated carbocycles. The van der Waals surface area contributed by atoms with E-state index in [-0.39, 0.29) is 5.91 Å². The fourth-order valence-electron chi connectivity index (χ4n) is 2.80. The molecule has 3 rings (SSSR count). The van der Waals surface area contributed by atoms with Crippen molar-refractivity contribution >= 4 is 45.6 Å². The summed E-state index contributed by atoms with van der Waals surface area (Å²) in [7, 11) is 0. The summed E-state index contributed by atoms with van der Waals surface area (Å²) in [5.41, 5.74) is 1.80. The number of nitriles is 1. The van der Waals surface area contributed by atoms with Gasteiger partial charge in [-0.25, -0.2) is 0 Å². The topological polar surface area (TPSA) is 52.9 Å². The van der Waals surface area contributed by atoms with E-state index in [1.54, 1.807) is 11.3 Å². The number of fused-ring (bicyclic) bond motifs is 1. The zero-order valence-corrected chi connectivity index (χ0v) is 15.7. The molecule has 24 heavy (non-hydrogen) atoms. The van der Waals surface area contributed by atoms with Crippen LogP contribution >= 0.6 is 34.7 Å². The predicted octanol–water partition coefficient (Wildman–Crippen LogP) is 5.13. The van der Waals surface area contributed by atoms with E-state index in [0.29, 0.717) is 27.3 Å². The summed E-state index contributed by atoms with van der Waals surface area (Å²) in [6.45, 7) is 2.23. The lowest BCUT2D eigenvalue weighted by Crippen LogP contribution is -2.14. The van der Waals surface area contributed by atoms with Crippen LogP contribution < -0.4 is 5.32 Å². The second kappa shape index (κ2) is 7.60. The van der Waals surface area contributed by atoms with Gasteiger partial charge in [-0.1, -0.05) is 18.5 Å². The van der Waals surface area contributed by atoms with Gasteiger partial charge >= 0.3 is 0 Å². The van der Waals surface area contributed by atoms with Crippen LogP contribution in [0.4, 0.5) is 5.00 Å². The highest BCUT2D eigenvalue weighted by molar-refractivity contribution is 8.00. The van der Waals surface area contributed by atoms with Crippen molar-refractivity contribution in [2.75, 3.05) is 11.1 Å². The standard InChI is InChI=1S/C18H17ClN2OS2/c1-11-2-7-14-15(9-20)18(24-16(14)8-11)21-17(22)10-23-13-5-3-12(19)4-6-13/h3-6,11H,2,7-8,10H2,1H3,(H,21,22). The van der Waals surface area contributed by atoms with E-state index in [4.69, 9.17) is 11.6 Å². The van der Waals surface area contributed by atoms with Crippen LogP contribution in [0.2, 0.25) is 5.02 Å². The molecule has 1 atom stereocenters. The Morgan fingerprint density at radius 3 is 2.92 bits per heavy atom. The van der Waals surface area contributed by atoms with Crippen LogP contribution in [0.25, 0.3) is 0 Å². The molecule has 2 aromatic rings. The van der Waals surface area contributed by atoms with Gasteiger partial charge in [0.25, 0.3) is 0 Å². The Balaban J connectivity index is 1.66. The zero-order valence-electron chi connectivity index (χ0n) is 13.3. The molecular formula is C18H17ClN2OS2. The van der Waals surface area contributed by atoms with Gasteiger partial charge in [-0.3, -0.25) is 4.79 Å². The van der Waals surface area contributed by atoms with Gasteiger partial charge in [0.1, 0.15) is 11.1 Å². The van der Waals surface area contributed by atoms with E-state index < -0.39 is 0 Å². The zero-order chi connectivity index (χ0) is 17.1. The molecule has 0 saturated heterocycles. The SMILES string of the molecule is CC1CCc2c(sc(NC(=O)CSc3ccc(Cl)cc3)c2C#N)C1. The molecule has 0 bridgehead atoms. The quantitative estimate of drug-likeness (QED) is 0.752. The maximum Gasteiger partial charge on any atom is 0.235 e. The molecule has 0 spiro atoms. The molecule has 0 radical (unpaired) electrons. The van der Waals surface area contributed by atoms with Crippen LogP contribution in [0.1, 0.15) is 29.3 Å². The summed E-state index contributed by atoms with van der Waals surface area (Å²) in [5, 5.41) is 13.8. The predicted molar refractivity (Wildman–Crippen MR) is 101 cm³/mol. The molecule has 1 aromatic heterocycles. The second-order valence-corrected chi connectivity index (χ2v) is 8.55. The van der Waals surface area contributed by atoms with Gasteiger partial charge in [0.05, 0.1) is 11.3 Å². The highest BCUT2D eigenvalue weighted by atomic mass is 35.5. The Morgan fingerprint density at radius 2 is 2.21 bits per heavy atom. The number of carbonyl (C=O) groups excluding carboxylic acids is 1.